The minimum Gasteiger partial charge on any atom is -0.299 e. The SMILES string of the molecule is CC/C=C/C[C@H]1C(=O)CC[C@@H]1C. The normalized spacial score (nSPS) is 30.3. The molecule has 1 heteroatoms. The second kappa shape index (κ2) is 4.44. The van der Waals surface area contributed by atoms with Gasteiger partial charge in [-0.2, -0.15) is 0 Å². The van der Waals surface area contributed by atoms with Crippen LogP contribution >= 0.6 is 0 Å². The number of carbonyl (C=O) groups is 1. The lowest BCUT2D eigenvalue weighted by Crippen LogP contribution is -2.10. The van der Waals surface area contributed by atoms with E-state index in [9.17, 15) is 4.79 Å². The fourth-order valence-electron chi connectivity index (χ4n) is 1.85. The lowest BCUT2D eigenvalue weighted by Gasteiger charge is -2.10. The van der Waals surface area contributed by atoms with Gasteiger partial charge in [0.25, 0.3) is 0 Å². The van der Waals surface area contributed by atoms with Crippen LogP contribution in [0.25, 0.3) is 0 Å². The first-order valence-electron chi connectivity index (χ1n) is 4.93. The topological polar surface area (TPSA) is 17.1 Å². The van der Waals surface area contributed by atoms with E-state index < -0.39 is 0 Å². The first-order valence-corrected chi connectivity index (χ1v) is 4.93. The van der Waals surface area contributed by atoms with Gasteiger partial charge < -0.3 is 0 Å². The fourth-order valence-corrected chi connectivity index (χ4v) is 1.85. The number of rotatable bonds is 3. The standard InChI is InChI=1S/C11H18O/c1-3-4-5-6-10-9(2)7-8-11(10)12/h4-5,9-10H,3,6-8H2,1-2H3/b5-4+/t9-,10+/m0/s1. The molecule has 0 aliphatic heterocycles. The zero-order valence-electron chi connectivity index (χ0n) is 8.05. The second-order valence-electron chi connectivity index (χ2n) is 3.70. The van der Waals surface area contributed by atoms with Gasteiger partial charge in [0.15, 0.2) is 0 Å². The summed E-state index contributed by atoms with van der Waals surface area (Å²) in [6, 6.07) is 0. The molecule has 0 aromatic carbocycles. The smallest absolute Gasteiger partial charge is 0.136 e. The molecule has 1 nitrogen and oxygen atoms in total. The van der Waals surface area contributed by atoms with Gasteiger partial charge in [-0.3, -0.25) is 4.79 Å². The maximum atomic E-state index is 11.3. The summed E-state index contributed by atoms with van der Waals surface area (Å²) in [5.74, 6) is 1.41. The van der Waals surface area contributed by atoms with Crippen LogP contribution in [0.5, 0.6) is 0 Å². The number of Topliss-reactive ketones (excluding diaryl/α,β-unsaturated/α-hetero) is 1. The first kappa shape index (κ1) is 9.50. The van der Waals surface area contributed by atoms with Crippen molar-refractivity contribution in [1.82, 2.24) is 0 Å². The van der Waals surface area contributed by atoms with Crippen molar-refractivity contribution in [3.05, 3.63) is 12.2 Å². The molecule has 0 spiro atoms. The zero-order chi connectivity index (χ0) is 8.97. The van der Waals surface area contributed by atoms with Crippen molar-refractivity contribution in [2.75, 3.05) is 0 Å². The number of hydrogen-bond donors (Lipinski definition) is 0. The number of hydrogen-bond acceptors (Lipinski definition) is 1. The van der Waals surface area contributed by atoms with E-state index in [2.05, 4.69) is 26.0 Å². The Bertz CT molecular complexity index is 181. The maximum absolute atomic E-state index is 11.3. The molecule has 0 unspecified atom stereocenters. The third-order valence-corrected chi connectivity index (χ3v) is 2.74. The fraction of sp³-hybridized carbons (Fsp3) is 0.727. The summed E-state index contributed by atoms with van der Waals surface area (Å²) in [5.41, 5.74) is 0. The van der Waals surface area contributed by atoms with Crippen molar-refractivity contribution in [1.29, 1.82) is 0 Å². The molecular weight excluding hydrogens is 148 g/mol. The molecule has 0 radical (unpaired) electrons. The molecule has 68 valence electrons. The lowest BCUT2D eigenvalue weighted by atomic mass is 9.94. The van der Waals surface area contributed by atoms with Crippen LogP contribution in [0.4, 0.5) is 0 Å². The predicted molar refractivity (Wildman–Crippen MR) is 50.9 cm³/mol. The molecule has 1 saturated carbocycles. The summed E-state index contributed by atoms with van der Waals surface area (Å²) in [6.45, 7) is 4.31. The average molecular weight is 166 g/mol. The van der Waals surface area contributed by atoms with Crippen molar-refractivity contribution in [3.8, 4) is 0 Å². The van der Waals surface area contributed by atoms with Gasteiger partial charge in [0.1, 0.15) is 5.78 Å². The molecule has 1 aliphatic rings. The van der Waals surface area contributed by atoms with Gasteiger partial charge in [-0.1, -0.05) is 26.0 Å². The van der Waals surface area contributed by atoms with Crippen molar-refractivity contribution in [2.45, 2.75) is 39.5 Å². The third kappa shape index (κ3) is 2.20. The summed E-state index contributed by atoms with van der Waals surface area (Å²) < 4.78 is 0. The quantitative estimate of drug-likeness (QED) is 0.589. The van der Waals surface area contributed by atoms with Crippen LogP contribution in [0.15, 0.2) is 12.2 Å². The molecule has 0 aromatic rings. The first-order chi connectivity index (χ1) is 5.75. The highest BCUT2D eigenvalue weighted by molar-refractivity contribution is 5.83. The monoisotopic (exact) mass is 166 g/mol. The van der Waals surface area contributed by atoms with Gasteiger partial charge in [-0.05, 0) is 25.2 Å². The minimum absolute atomic E-state index is 0.327. The van der Waals surface area contributed by atoms with E-state index in [1.165, 1.54) is 0 Å². The summed E-state index contributed by atoms with van der Waals surface area (Å²) in [7, 11) is 0. The van der Waals surface area contributed by atoms with Crippen molar-refractivity contribution < 1.29 is 4.79 Å². The summed E-state index contributed by atoms with van der Waals surface area (Å²) >= 11 is 0. The van der Waals surface area contributed by atoms with Gasteiger partial charge in [-0.15, -0.1) is 0 Å². The highest BCUT2D eigenvalue weighted by Gasteiger charge is 2.29. The largest absolute Gasteiger partial charge is 0.299 e. The van der Waals surface area contributed by atoms with Crippen LogP contribution in [0.1, 0.15) is 39.5 Å². The van der Waals surface area contributed by atoms with E-state index in [0.717, 1.165) is 25.7 Å². The molecular formula is C11H18O. The van der Waals surface area contributed by atoms with Gasteiger partial charge in [-0.25, -0.2) is 0 Å². The zero-order valence-corrected chi connectivity index (χ0v) is 8.05. The summed E-state index contributed by atoms with van der Waals surface area (Å²) in [5, 5.41) is 0. The molecule has 1 aliphatic carbocycles. The van der Waals surface area contributed by atoms with Crippen LogP contribution in [0, 0.1) is 11.8 Å². The molecule has 1 rings (SSSR count). The lowest BCUT2D eigenvalue weighted by molar-refractivity contribution is -0.121. The van der Waals surface area contributed by atoms with E-state index in [4.69, 9.17) is 0 Å². The van der Waals surface area contributed by atoms with Crippen molar-refractivity contribution in [3.63, 3.8) is 0 Å². The highest BCUT2D eigenvalue weighted by atomic mass is 16.1. The van der Waals surface area contributed by atoms with Gasteiger partial charge in [0.2, 0.25) is 0 Å². The maximum Gasteiger partial charge on any atom is 0.136 e. The van der Waals surface area contributed by atoms with Gasteiger partial charge in [0, 0.05) is 12.3 Å². The van der Waals surface area contributed by atoms with Gasteiger partial charge >= 0.3 is 0 Å². The Kier molecular flexibility index (Phi) is 3.51. The Morgan fingerprint density at radius 3 is 2.75 bits per heavy atom. The molecule has 0 saturated heterocycles. The molecule has 2 atom stereocenters. The summed E-state index contributed by atoms with van der Waals surface area (Å²) in [4.78, 5) is 11.3. The number of carbonyl (C=O) groups excluding carboxylic acids is 1. The van der Waals surface area contributed by atoms with Crippen LogP contribution in [-0.2, 0) is 4.79 Å². The van der Waals surface area contributed by atoms with E-state index in [-0.39, 0.29) is 0 Å². The highest BCUT2D eigenvalue weighted by Crippen LogP contribution is 2.30. The number of ketones is 1. The predicted octanol–water partition coefficient (Wildman–Crippen LogP) is 2.96. The van der Waals surface area contributed by atoms with E-state index in [0.29, 0.717) is 17.6 Å². The molecule has 0 N–H and O–H groups in total. The van der Waals surface area contributed by atoms with Gasteiger partial charge in [0.05, 0.1) is 0 Å². The van der Waals surface area contributed by atoms with E-state index in [1.54, 1.807) is 0 Å². The average Bonchev–Trinajstić information content (AvgIpc) is 2.35. The van der Waals surface area contributed by atoms with E-state index in [1.807, 2.05) is 0 Å². The summed E-state index contributed by atoms with van der Waals surface area (Å²) in [6.07, 6.45) is 8.26. The molecule has 0 amide bonds. The Hall–Kier alpha value is -0.590. The second-order valence-corrected chi connectivity index (χ2v) is 3.70. The molecule has 0 aromatic heterocycles. The Morgan fingerprint density at radius 2 is 2.25 bits per heavy atom. The number of allylic oxidation sites excluding steroid dienone is 2. The van der Waals surface area contributed by atoms with E-state index >= 15 is 0 Å². The Morgan fingerprint density at radius 1 is 1.50 bits per heavy atom. The van der Waals surface area contributed by atoms with Crippen molar-refractivity contribution in [2.24, 2.45) is 11.8 Å². The molecule has 12 heavy (non-hydrogen) atoms. The van der Waals surface area contributed by atoms with Crippen LogP contribution < -0.4 is 0 Å². The van der Waals surface area contributed by atoms with Crippen LogP contribution in [0.2, 0.25) is 0 Å². The molecule has 0 bridgehead atoms. The third-order valence-electron chi connectivity index (χ3n) is 2.74. The minimum atomic E-state index is 0.327. The molecule has 0 heterocycles. The van der Waals surface area contributed by atoms with Crippen LogP contribution in [0.3, 0.4) is 0 Å². The Balaban J connectivity index is 2.39. The Labute approximate surface area is 74.9 Å². The van der Waals surface area contributed by atoms with Crippen molar-refractivity contribution >= 4 is 5.78 Å². The molecule has 1 fully saturated rings. The van der Waals surface area contributed by atoms with Crippen LogP contribution in [-0.4, -0.2) is 5.78 Å².